The summed E-state index contributed by atoms with van der Waals surface area (Å²) < 4.78 is 0. The molecule has 2 heterocycles. The van der Waals surface area contributed by atoms with E-state index in [9.17, 15) is 0 Å². The van der Waals surface area contributed by atoms with Gasteiger partial charge in [-0.05, 0) is 131 Å². The molecule has 57 heavy (non-hydrogen) atoms. The SMILES string of the molecule is CC1(C)c2cc(N3c4ccccc4C=CC3(C)C)ccc2C2=CC=C(/C=C/c3ccc(-c4ccc(N5c6ccccc6C=CC5(C)C)c5ccccc45)cc3)CC21. The summed E-state index contributed by atoms with van der Waals surface area (Å²) in [7, 11) is 0. The van der Waals surface area contributed by atoms with Crippen LogP contribution in [0.1, 0.15) is 75.8 Å². The van der Waals surface area contributed by atoms with E-state index in [-0.39, 0.29) is 16.5 Å². The summed E-state index contributed by atoms with van der Waals surface area (Å²) in [4.78, 5) is 5.01. The number of anilines is 4. The van der Waals surface area contributed by atoms with E-state index in [0.717, 1.165) is 6.42 Å². The van der Waals surface area contributed by atoms with Crippen molar-refractivity contribution in [2.75, 3.05) is 9.80 Å². The van der Waals surface area contributed by atoms with Gasteiger partial charge in [0, 0.05) is 28.1 Å². The topological polar surface area (TPSA) is 6.48 Å². The molecule has 0 N–H and O–H groups in total. The summed E-state index contributed by atoms with van der Waals surface area (Å²) in [5.41, 5.74) is 16.7. The van der Waals surface area contributed by atoms with Crippen molar-refractivity contribution in [3.05, 3.63) is 191 Å². The lowest BCUT2D eigenvalue weighted by atomic mass is 9.73. The molecule has 2 aliphatic carbocycles. The van der Waals surface area contributed by atoms with Gasteiger partial charge in [-0.3, -0.25) is 0 Å². The number of allylic oxidation sites excluding steroid dienone is 5. The highest BCUT2D eigenvalue weighted by Crippen LogP contribution is 2.55. The first-order valence-corrected chi connectivity index (χ1v) is 20.5. The van der Waals surface area contributed by atoms with Crippen molar-refractivity contribution >= 4 is 57.3 Å². The highest BCUT2D eigenvalue weighted by Gasteiger charge is 2.44. The fourth-order valence-corrected chi connectivity index (χ4v) is 10.1. The van der Waals surface area contributed by atoms with Crippen molar-refractivity contribution in [1.82, 2.24) is 0 Å². The predicted molar refractivity (Wildman–Crippen MR) is 245 cm³/mol. The second-order valence-corrected chi connectivity index (χ2v) is 18.0. The molecule has 0 fully saturated rings. The van der Waals surface area contributed by atoms with Gasteiger partial charge in [0.25, 0.3) is 0 Å². The van der Waals surface area contributed by atoms with E-state index >= 15 is 0 Å². The molecule has 0 bridgehead atoms. The molecule has 2 aliphatic heterocycles. The molecule has 1 unspecified atom stereocenters. The zero-order valence-electron chi connectivity index (χ0n) is 33.9. The van der Waals surface area contributed by atoms with Crippen LogP contribution in [0.15, 0.2) is 163 Å². The van der Waals surface area contributed by atoms with Crippen molar-refractivity contribution < 1.29 is 0 Å². The minimum absolute atomic E-state index is 0.0175. The third-order valence-corrected chi connectivity index (χ3v) is 13.1. The lowest BCUT2D eigenvalue weighted by molar-refractivity contribution is 0.410. The van der Waals surface area contributed by atoms with Crippen LogP contribution in [0.3, 0.4) is 0 Å². The maximum Gasteiger partial charge on any atom is 0.0581 e. The monoisotopic (exact) mass is 738 g/mol. The van der Waals surface area contributed by atoms with E-state index < -0.39 is 0 Å². The van der Waals surface area contributed by atoms with Crippen LogP contribution in [0.5, 0.6) is 0 Å². The predicted octanol–water partition coefficient (Wildman–Crippen LogP) is 14.7. The third-order valence-electron chi connectivity index (χ3n) is 13.1. The Morgan fingerprint density at radius 1 is 0.544 bits per heavy atom. The second kappa shape index (κ2) is 13.0. The highest BCUT2D eigenvalue weighted by atomic mass is 15.2. The van der Waals surface area contributed by atoms with Crippen LogP contribution < -0.4 is 9.80 Å². The van der Waals surface area contributed by atoms with Crippen LogP contribution in [0.2, 0.25) is 0 Å². The molecule has 0 saturated carbocycles. The van der Waals surface area contributed by atoms with Gasteiger partial charge >= 0.3 is 0 Å². The fraction of sp³-hybridized carbons (Fsp3) is 0.200. The molecule has 6 aromatic carbocycles. The van der Waals surface area contributed by atoms with E-state index in [1.54, 1.807) is 0 Å². The average molecular weight is 739 g/mol. The molecule has 10 rings (SSSR count). The lowest BCUT2D eigenvalue weighted by Gasteiger charge is -2.42. The Hall–Kier alpha value is -6.12. The average Bonchev–Trinajstić information content (AvgIpc) is 3.44. The zero-order chi connectivity index (χ0) is 39.1. The van der Waals surface area contributed by atoms with E-state index in [0.29, 0.717) is 5.92 Å². The Kier molecular flexibility index (Phi) is 8.03. The number of fused-ring (bicyclic) bond motifs is 6. The van der Waals surface area contributed by atoms with Gasteiger partial charge in [0.1, 0.15) is 0 Å². The molecule has 2 nitrogen and oxygen atoms in total. The number of hydrogen-bond acceptors (Lipinski definition) is 2. The molecule has 1 atom stereocenters. The van der Waals surface area contributed by atoms with Gasteiger partial charge in [0.05, 0.1) is 11.1 Å². The number of benzene rings is 6. The molecule has 0 saturated heterocycles. The van der Waals surface area contributed by atoms with Gasteiger partial charge in [0.15, 0.2) is 0 Å². The molecular weight excluding hydrogens is 689 g/mol. The summed E-state index contributed by atoms with van der Waals surface area (Å²) in [6, 6.07) is 47.2. The molecular formula is C55H50N2. The van der Waals surface area contributed by atoms with Crippen molar-refractivity contribution in [3.8, 4) is 11.1 Å². The van der Waals surface area contributed by atoms with Gasteiger partial charge in [0.2, 0.25) is 0 Å². The molecule has 0 aromatic heterocycles. The van der Waals surface area contributed by atoms with Gasteiger partial charge in [-0.15, -0.1) is 0 Å². The van der Waals surface area contributed by atoms with Crippen LogP contribution in [0.4, 0.5) is 22.7 Å². The van der Waals surface area contributed by atoms with Crippen LogP contribution in [-0.2, 0) is 5.41 Å². The van der Waals surface area contributed by atoms with Crippen LogP contribution in [0.25, 0.3) is 45.7 Å². The smallest absolute Gasteiger partial charge is 0.0581 e. The molecule has 0 spiro atoms. The minimum Gasteiger partial charge on any atom is -0.332 e. The van der Waals surface area contributed by atoms with E-state index in [4.69, 9.17) is 0 Å². The number of nitrogens with zero attached hydrogens (tertiary/aromatic N) is 2. The number of rotatable bonds is 5. The van der Waals surface area contributed by atoms with E-state index in [2.05, 4.69) is 227 Å². The molecule has 0 radical (unpaired) electrons. The summed E-state index contributed by atoms with van der Waals surface area (Å²) in [5.74, 6) is 0.438. The Balaban J connectivity index is 0.905. The number of hydrogen-bond donors (Lipinski definition) is 0. The first-order chi connectivity index (χ1) is 27.5. The number of para-hydroxylation sites is 2. The van der Waals surface area contributed by atoms with Crippen molar-refractivity contribution in [2.45, 2.75) is 64.5 Å². The summed E-state index contributed by atoms with van der Waals surface area (Å²) in [6.07, 6.45) is 19.6. The van der Waals surface area contributed by atoms with Gasteiger partial charge in [-0.2, -0.15) is 0 Å². The standard InChI is InChI=1S/C55H50N2/c1-53(2)33-31-40-13-7-11-17-50(40)56(53)42-26-28-46-45-27-23-38(35-48(45)55(5,6)49(46)36-42)20-19-37-21-24-39(25-22-37)43-29-30-52(47-16-10-9-15-44(43)47)57-51-18-12-8-14-41(51)32-34-54(57,3)4/h7-34,36,48H,35H2,1-6H3/b20-19+. The highest BCUT2D eigenvalue weighted by molar-refractivity contribution is 6.05. The normalized spacial score (nSPS) is 19.5. The maximum atomic E-state index is 2.51. The van der Waals surface area contributed by atoms with Crippen molar-refractivity contribution in [3.63, 3.8) is 0 Å². The van der Waals surface area contributed by atoms with Crippen LogP contribution >= 0.6 is 0 Å². The van der Waals surface area contributed by atoms with Crippen molar-refractivity contribution in [1.29, 1.82) is 0 Å². The molecule has 2 heteroatoms. The molecule has 280 valence electrons. The Morgan fingerprint density at radius 3 is 1.88 bits per heavy atom. The van der Waals surface area contributed by atoms with Crippen molar-refractivity contribution in [2.24, 2.45) is 5.92 Å². The lowest BCUT2D eigenvalue weighted by Crippen LogP contribution is -2.41. The quantitative estimate of drug-likeness (QED) is 0.174. The van der Waals surface area contributed by atoms with Gasteiger partial charge in [-0.1, -0.05) is 160 Å². The third kappa shape index (κ3) is 5.76. The summed E-state index contributed by atoms with van der Waals surface area (Å²) in [6.45, 7) is 14.1. The molecule has 4 aliphatic rings. The molecule has 0 amide bonds. The minimum atomic E-state index is -0.158. The van der Waals surface area contributed by atoms with Gasteiger partial charge < -0.3 is 9.80 Å². The van der Waals surface area contributed by atoms with Crippen LogP contribution in [0, 0.1) is 5.92 Å². The zero-order valence-corrected chi connectivity index (χ0v) is 33.9. The first-order valence-electron chi connectivity index (χ1n) is 20.5. The Bertz CT molecular complexity index is 2750. The summed E-state index contributed by atoms with van der Waals surface area (Å²) in [5, 5.41) is 2.53. The second-order valence-electron chi connectivity index (χ2n) is 18.0. The molecule has 6 aromatic rings. The van der Waals surface area contributed by atoms with E-state index in [1.807, 2.05) is 0 Å². The van der Waals surface area contributed by atoms with Gasteiger partial charge in [-0.25, -0.2) is 0 Å². The van der Waals surface area contributed by atoms with Crippen LogP contribution in [-0.4, -0.2) is 11.1 Å². The fourth-order valence-electron chi connectivity index (χ4n) is 10.1. The Labute approximate surface area is 338 Å². The first kappa shape index (κ1) is 35.3. The largest absolute Gasteiger partial charge is 0.332 e. The van der Waals surface area contributed by atoms with E-state index in [1.165, 1.54) is 83.6 Å². The Morgan fingerprint density at radius 2 is 1.16 bits per heavy atom. The maximum absolute atomic E-state index is 2.51. The summed E-state index contributed by atoms with van der Waals surface area (Å²) >= 11 is 0.